The van der Waals surface area contributed by atoms with Gasteiger partial charge in [-0.05, 0) is 54.6 Å². The van der Waals surface area contributed by atoms with Gasteiger partial charge in [0.2, 0.25) is 15.8 Å². The second kappa shape index (κ2) is 9.61. The van der Waals surface area contributed by atoms with Crippen LogP contribution in [0.25, 0.3) is 11.1 Å². The predicted molar refractivity (Wildman–Crippen MR) is 126 cm³/mol. The average Bonchev–Trinajstić information content (AvgIpc) is 2.85. The molecule has 4 rings (SSSR count). The lowest BCUT2D eigenvalue weighted by Crippen LogP contribution is -2.47. The van der Waals surface area contributed by atoms with Crippen LogP contribution in [0.1, 0.15) is 5.56 Å². The highest BCUT2D eigenvalue weighted by molar-refractivity contribution is 7.89. The minimum absolute atomic E-state index is 0.0477. The molecule has 0 bridgehead atoms. The number of rotatable bonds is 6. The number of hydrogen-bond acceptors (Lipinski definition) is 7. The van der Waals surface area contributed by atoms with E-state index < -0.39 is 20.6 Å². The van der Waals surface area contributed by atoms with Crippen LogP contribution >= 0.6 is 0 Å². The van der Waals surface area contributed by atoms with Gasteiger partial charge in [-0.1, -0.05) is 24.3 Å². The molecule has 0 N–H and O–H groups in total. The van der Waals surface area contributed by atoms with E-state index in [4.69, 9.17) is 10.00 Å². The third-order valence-corrected chi connectivity index (χ3v) is 7.55. The smallest absolute Gasteiger partial charge is 0.312 e. The van der Waals surface area contributed by atoms with Crippen molar-refractivity contribution in [1.82, 2.24) is 9.21 Å². The summed E-state index contributed by atoms with van der Waals surface area (Å²) in [7, 11) is -1.93. The summed E-state index contributed by atoms with van der Waals surface area (Å²) < 4.78 is 33.0. The van der Waals surface area contributed by atoms with Crippen molar-refractivity contribution in [2.45, 2.75) is 4.90 Å². The highest BCUT2D eigenvalue weighted by Crippen LogP contribution is 2.35. The topological polar surface area (TPSA) is 117 Å². The second-order valence-corrected chi connectivity index (χ2v) is 9.85. The number of nitrogens with zero attached hydrogens (tertiary/aromatic N) is 4. The number of nitro benzene ring substituents is 1. The van der Waals surface area contributed by atoms with Gasteiger partial charge in [0, 0.05) is 32.2 Å². The fourth-order valence-electron chi connectivity index (χ4n) is 3.64. The maximum Gasteiger partial charge on any atom is 0.312 e. The fraction of sp³-hybridized carbons (Fsp3) is 0.208. The molecule has 1 aliphatic rings. The molecule has 0 saturated carbocycles. The molecule has 0 amide bonds. The minimum atomic E-state index is -3.85. The molecule has 0 radical (unpaired) electrons. The number of nitriles is 1. The second-order valence-electron chi connectivity index (χ2n) is 7.91. The molecule has 1 saturated heterocycles. The lowest BCUT2D eigenvalue weighted by molar-refractivity contribution is -0.385. The normalized spacial score (nSPS) is 14.9. The number of benzene rings is 3. The minimum Gasteiger partial charge on any atom is -0.450 e. The molecule has 1 aliphatic heterocycles. The van der Waals surface area contributed by atoms with Crippen LogP contribution in [0.5, 0.6) is 11.5 Å². The van der Waals surface area contributed by atoms with Crippen molar-refractivity contribution in [3.05, 3.63) is 82.4 Å². The first-order valence-corrected chi connectivity index (χ1v) is 12.0. The van der Waals surface area contributed by atoms with Gasteiger partial charge in [-0.15, -0.1) is 0 Å². The van der Waals surface area contributed by atoms with E-state index in [-0.39, 0.29) is 10.6 Å². The van der Waals surface area contributed by atoms with Crippen LogP contribution in [0.4, 0.5) is 5.69 Å². The zero-order chi connectivity index (χ0) is 24.3. The molecule has 0 spiro atoms. The zero-order valence-electron chi connectivity index (χ0n) is 18.4. The Balaban J connectivity index is 1.56. The maximum absolute atomic E-state index is 13.0. The van der Waals surface area contributed by atoms with Crippen molar-refractivity contribution < 1.29 is 18.1 Å². The van der Waals surface area contributed by atoms with Gasteiger partial charge in [0.1, 0.15) is 5.75 Å². The number of likely N-dealkylation sites (N-methyl/N-ethyl adjacent to an activating group) is 1. The monoisotopic (exact) mass is 478 g/mol. The lowest BCUT2D eigenvalue weighted by atomic mass is 10.0. The third kappa shape index (κ3) is 4.92. The summed E-state index contributed by atoms with van der Waals surface area (Å²) in [5, 5.41) is 20.6. The maximum atomic E-state index is 13.0. The Labute approximate surface area is 197 Å². The summed E-state index contributed by atoms with van der Waals surface area (Å²) in [4.78, 5) is 12.9. The molecule has 0 aliphatic carbocycles. The van der Waals surface area contributed by atoms with E-state index in [2.05, 4.69) is 6.07 Å². The van der Waals surface area contributed by atoms with Gasteiger partial charge in [-0.2, -0.15) is 9.57 Å². The van der Waals surface area contributed by atoms with Crippen LogP contribution in [-0.4, -0.2) is 55.8 Å². The summed E-state index contributed by atoms with van der Waals surface area (Å²) in [6.07, 6.45) is 0. The van der Waals surface area contributed by atoms with Gasteiger partial charge in [-0.3, -0.25) is 10.1 Å². The molecule has 0 aromatic heterocycles. The lowest BCUT2D eigenvalue weighted by Gasteiger charge is -2.31. The van der Waals surface area contributed by atoms with Gasteiger partial charge < -0.3 is 9.64 Å². The molecule has 0 atom stereocenters. The summed E-state index contributed by atoms with van der Waals surface area (Å²) in [6, 6.07) is 19.8. The predicted octanol–water partition coefficient (Wildman–Crippen LogP) is 3.86. The molecular formula is C24H22N4O5S. The zero-order valence-corrected chi connectivity index (χ0v) is 19.2. The standard InChI is InChI=1S/C24H22N4O5S/c1-26-12-14-27(15-13-26)34(31,32)22-10-11-24(23(16-22)28(29)30)33-21-8-6-20(7-9-21)19-4-2-18(17-25)3-5-19/h2-11,16H,12-15H2,1H3. The van der Waals surface area contributed by atoms with Gasteiger partial charge in [0.25, 0.3) is 0 Å². The van der Waals surface area contributed by atoms with Crippen LogP contribution in [0.3, 0.4) is 0 Å². The van der Waals surface area contributed by atoms with E-state index in [1.54, 1.807) is 36.4 Å². The van der Waals surface area contributed by atoms with E-state index in [0.29, 0.717) is 37.5 Å². The molecule has 1 heterocycles. The van der Waals surface area contributed by atoms with Crippen LogP contribution in [0.15, 0.2) is 71.6 Å². The summed E-state index contributed by atoms with van der Waals surface area (Å²) in [5.41, 5.74) is 1.94. The van der Waals surface area contributed by atoms with E-state index in [0.717, 1.165) is 17.2 Å². The Hall–Kier alpha value is -3.78. The number of nitro groups is 1. The van der Waals surface area contributed by atoms with Crippen LogP contribution < -0.4 is 4.74 Å². The third-order valence-electron chi connectivity index (χ3n) is 5.66. The molecule has 3 aromatic carbocycles. The number of ether oxygens (including phenoxy) is 1. The van der Waals surface area contributed by atoms with E-state index in [9.17, 15) is 18.5 Å². The fourth-order valence-corrected chi connectivity index (χ4v) is 5.09. The Bertz CT molecular complexity index is 1340. The molecule has 34 heavy (non-hydrogen) atoms. The Morgan fingerprint density at radius 3 is 2.09 bits per heavy atom. The van der Waals surface area contributed by atoms with E-state index >= 15 is 0 Å². The van der Waals surface area contributed by atoms with Crippen molar-refractivity contribution in [1.29, 1.82) is 5.26 Å². The van der Waals surface area contributed by atoms with Crippen LogP contribution in [-0.2, 0) is 10.0 Å². The van der Waals surface area contributed by atoms with Gasteiger partial charge in [-0.25, -0.2) is 8.42 Å². The Kier molecular flexibility index (Phi) is 6.61. The summed E-state index contributed by atoms with van der Waals surface area (Å²) in [5.74, 6) is 0.323. The van der Waals surface area contributed by atoms with Crippen molar-refractivity contribution >= 4 is 15.7 Å². The van der Waals surface area contributed by atoms with Gasteiger partial charge in [0.05, 0.1) is 21.5 Å². The molecule has 10 heteroatoms. The SMILES string of the molecule is CN1CCN(S(=O)(=O)c2ccc(Oc3ccc(-c4ccc(C#N)cc4)cc3)c([N+](=O)[O-])c2)CC1. The molecule has 174 valence electrons. The molecule has 1 fully saturated rings. The van der Waals surface area contributed by atoms with Crippen LogP contribution in [0.2, 0.25) is 0 Å². The van der Waals surface area contributed by atoms with Crippen LogP contribution in [0, 0.1) is 21.4 Å². The van der Waals surface area contributed by atoms with Gasteiger partial charge in [0.15, 0.2) is 0 Å². The van der Waals surface area contributed by atoms with Crippen molar-refractivity contribution in [3.8, 4) is 28.7 Å². The highest BCUT2D eigenvalue weighted by atomic mass is 32.2. The quantitative estimate of drug-likeness (QED) is 0.390. The number of piperazine rings is 1. The average molecular weight is 479 g/mol. The Morgan fingerprint density at radius 1 is 0.941 bits per heavy atom. The first-order chi connectivity index (χ1) is 16.3. The van der Waals surface area contributed by atoms with Crippen molar-refractivity contribution in [2.24, 2.45) is 0 Å². The molecule has 0 unspecified atom stereocenters. The molecule has 9 nitrogen and oxygen atoms in total. The largest absolute Gasteiger partial charge is 0.450 e. The summed E-state index contributed by atoms with van der Waals surface area (Å²) >= 11 is 0. The number of hydrogen-bond donors (Lipinski definition) is 0. The highest BCUT2D eigenvalue weighted by Gasteiger charge is 2.30. The van der Waals surface area contributed by atoms with E-state index in [1.807, 2.05) is 24.1 Å². The van der Waals surface area contributed by atoms with Crippen molar-refractivity contribution in [2.75, 3.05) is 33.2 Å². The summed E-state index contributed by atoms with van der Waals surface area (Å²) in [6.45, 7) is 1.86. The Morgan fingerprint density at radius 2 is 1.53 bits per heavy atom. The first-order valence-electron chi connectivity index (χ1n) is 10.5. The number of sulfonamides is 1. The van der Waals surface area contributed by atoms with E-state index in [1.165, 1.54) is 16.4 Å². The molecular weight excluding hydrogens is 456 g/mol. The van der Waals surface area contributed by atoms with Crippen molar-refractivity contribution in [3.63, 3.8) is 0 Å². The molecule has 3 aromatic rings. The first kappa shape index (κ1) is 23.4. The van der Waals surface area contributed by atoms with Gasteiger partial charge >= 0.3 is 5.69 Å².